The summed E-state index contributed by atoms with van der Waals surface area (Å²) in [7, 11) is 0. The molecule has 0 aromatic carbocycles. The SMILES string of the molecule is NC(=S)[C@]1(O)O[C@H](CO)[C@H](O)[C@H](O)[C@H]1O. The molecule has 8 heteroatoms. The van der Waals surface area contributed by atoms with E-state index in [0.717, 1.165) is 0 Å². The van der Waals surface area contributed by atoms with Crippen LogP contribution >= 0.6 is 12.2 Å². The van der Waals surface area contributed by atoms with Gasteiger partial charge in [0, 0.05) is 0 Å². The fourth-order valence-corrected chi connectivity index (χ4v) is 1.53. The summed E-state index contributed by atoms with van der Waals surface area (Å²) in [6.07, 6.45) is -6.37. The maximum Gasteiger partial charge on any atom is 0.247 e. The van der Waals surface area contributed by atoms with Gasteiger partial charge in [0.15, 0.2) is 0 Å². The molecule has 0 saturated carbocycles. The van der Waals surface area contributed by atoms with E-state index in [1.54, 1.807) is 0 Å². The molecule has 0 unspecified atom stereocenters. The summed E-state index contributed by atoms with van der Waals surface area (Å²) in [6.45, 7) is -0.657. The number of hydrogen-bond donors (Lipinski definition) is 6. The van der Waals surface area contributed by atoms with Crippen LogP contribution in [0, 0.1) is 0 Å². The largest absolute Gasteiger partial charge is 0.394 e. The number of hydrogen-bond acceptors (Lipinski definition) is 7. The molecule has 1 fully saturated rings. The fraction of sp³-hybridized carbons (Fsp3) is 0.857. The van der Waals surface area contributed by atoms with E-state index in [2.05, 4.69) is 12.2 Å². The van der Waals surface area contributed by atoms with Crippen molar-refractivity contribution < 1.29 is 30.3 Å². The van der Waals surface area contributed by atoms with Gasteiger partial charge in [-0.05, 0) is 0 Å². The second-order valence-corrected chi connectivity index (χ2v) is 3.77. The molecule has 1 aliphatic heterocycles. The molecule has 7 nitrogen and oxygen atoms in total. The van der Waals surface area contributed by atoms with Crippen molar-refractivity contribution in [2.24, 2.45) is 5.73 Å². The minimum Gasteiger partial charge on any atom is -0.394 e. The summed E-state index contributed by atoms with van der Waals surface area (Å²) in [5.74, 6) is -2.44. The molecule has 0 radical (unpaired) electrons. The molecule has 0 amide bonds. The van der Waals surface area contributed by atoms with E-state index in [0.29, 0.717) is 0 Å². The first kappa shape index (κ1) is 12.7. The van der Waals surface area contributed by atoms with Crippen molar-refractivity contribution in [1.82, 2.24) is 0 Å². The van der Waals surface area contributed by atoms with E-state index >= 15 is 0 Å². The van der Waals surface area contributed by atoms with Crippen molar-refractivity contribution in [3.63, 3.8) is 0 Å². The van der Waals surface area contributed by atoms with Gasteiger partial charge >= 0.3 is 0 Å². The predicted octanol–water partition coefficient (Wildman–Crippen LogP) is -3.57. The van der Waals surface area contributed by atoms with Crippen molar-refractivity contribution in [1.29, 1.82) is 0 Å². The van der Waals surface area contributed by atoms with E-state index < -0.39 is 41.8 Å². The van der Waals surface area contributed by atoms with Crippen molar-refractivity contribution in [3.05, 3.63) is 0 Å². The maximum absolute atomic E-state index is 9.69. The predicted molar refractivity (Wildman–Crippen MR) is 51.7 cm³/mol. The van der Waals surface area contributed by atoms with E-state index in [1.807, 2.05) is 0 Å². The Morgan fingerprint density at radius 3 is 2.27 bits per heavy atom. The van der Waals surface area contributed by atoms with Crippen LogP contribution < -0.4 is 5.73 Å². The van der Waals surface area contributed by atoms with Gasteiger partial charge in [-0.15, -0.1) is 0 Å². The van der Waals surface area contributed by atoms with Gasteiger partial charge in [0.05, 0.1) is 6.61 Å². The Hall–Kier alpha value is -0.350. The molecule has 88 valence electrons. The Morgan fingerprint density at radius 1 is 1.33 bits per heavy atom. The van der Waals surface area contributed by atoms with Crippen LogP contribution in [0.3, 0.4) is 0 Å². The fourth-order valence-electron chi connectivity index (χ4n) is 1.36. The smallest absolute Gasteiger partial charge is 0.247 e. The second kappa shape index (κ2) is 4.26. The normalized spacial score (nSPS) is 46.5. The molecule has 5 atom stereocenters. The minimum absolute atomic E-state index is 0.584. The van der Waals surface area contributed by atoms with E-state index in [1.165, 1.54) is 0 Å². The number of ether oxygens (including phenoxy) is 1. The zero-order valence-corrected chi connectivity index (χ0v) is 8.46. The van der Waals surface area contributed by atoms with Gasteiger partial charge in [-0.1, -0.05) is 12.2 Å². The molecule has 1 rings (SSSR count). The first-order valence-corrected chi connectivity index (χ1v) is 4.60. The number of aliphatic hydroxyl groups is 5. The van der Waals surface area contributed by atoms with Crippen LogP contribution in [0.5, 0.6) is 0 Å². The van der Waals surface area contributed by atoms with Crippen LogP contribution in [-0.2, 0) is 4.74 Å². The van der Waals surface area contributed by atoms with Crippen molar-refractivity contribution in [3.8, 4) is 0 Å². The van der Waals surface area contributed by atoms with Crippen molar-refractivity contribution >= 4 is 17.2 Å². The van der Waals surface area contributed by atoms with Gasteiger partial charge in [0.25, 0.3) is 0 Å². The van der Waals surface area contributed by atoms with Crippen molar-refractivity contribution in [2.75, 3.05) is 6.61 Å². The molecular formula is C7H13NO6S. The molecule has 1 aliphatic rings. The quantitative estimate of drug-likeness (QED) is 0.272. The first-order chi connectivity index (χ1) is 6.84. The molecule has 1 heterocycles. The van der Waals surface area contributed by atoms with E-state index in [-0.39, 0.29) is 0 Å². The van der Waals surface area contributed by atoms with Gasteiger partial charge in [-0.2, -0.15) is 0 Å². The number of nitrogens with two attached hydrogens (primary N) is 1. The summed E-state index contributed by atoms with van der Waals surface area (Å²) < 4.78 is 4.76. The van der Waals surface area contributed by atoms with Gasteiger partial charge in [-0.3, -0.25) is 0 Å². The van der Waals surface area contributed by atoms with Gasteiger partial charge in [-0.25, -0.2) is 0 Å². The molecule has 15 heavy (non-hydrogen) atoms. The van der Waals surface area contributed by atoms with Crippen LogP contribution in [0.25, 0.3) is 0 Å². The van der Waals surface area contributed by atoms with Crippen molar-refractivity contribution in [2.45, 2.75) is 30.2 Å². The lowest BCUT2D eigenvalue weighted by Gasteiger charge is -2.44. The summed E-state index contributed by atoms with van der Waals surface area (Å²) in [4.78, 5) is -0.584. The number of rotatable bonds is 2. The average Bonchev–Trinajstić information content (AvgIpc) is 2.20. The summed E-state index contributed by atoms with van der Waals surface area (Å²) in [5.41, 5.74) is 5.14. The topological polar surface area (TPSA) is 136 Å². The highest BCUT2D eigenvalue weighted by molar-refractivity contribution is 7.80. The van der Waals surface area contributed by atoms with Gasteiger partial charge < -0.3 is 36.0 Å². The Morgan fingerprint density at radius 2 is 1.87 bits per heavy atom. The molecule has 0 aliphatic carbocycles. The highest BCUT2D eigenvalue weighted by Gasteiger charge is 2.54. The second-order valence-electron chi connectivity index (χ2n) is 3.33. The molecular weight excluding hydrogens is 226 g/mol. The minimum atomic E-state index is -2.44. The van der Waals surface area contributed by atoms with Gasteiger partial charge in [0.1, 0.15) is 29.4 Å². The molecule has 0 aromatic heterocycles. The Labute approximate surface area is 90.7 Å². The lowest BCUT2D eigenvalue weighted by Crippen LogP contribution is -2.69. The third kappa shape index (κ3) is 1.97. The molecule has 0 bridgehead atoms. The van der Waals surface area contributed by atoms with Crippen LogP contribution in [0.1, 0.15) is 0 Å². The summed E-state index contributed by atoms with van der Waals surface area (Å²) >= 11 is 4.47. The standard InChI is InChI=1S/C7H13NO6S/c8-6(15)7(13)5(12)4(11)3(10)2(1-9)14-7/h2-5,9-13H,1H2,(H2,8,15)/t2-,3+,4+,5-,7-/m1/s1. The molecule has 0 spiro atoms. The highest BCUT2D eigenvalue weighted by atomic mass is 32.1. The lowest BCUT2D eigenvalue weighted by molar-refractivity contribution is -0.316. The molecule has 7 N–H and O–H groups in total. The molecule has 1 saturated heterocycles. The average molecular weight is 239 g/mol. The zero-order chi connectivity index (χ0) is 11.8. The summed E-state index contributed by atoms with van der Waals surface area (Å²) in [5, 5.41) is 46.6. The Balaban J connectivity index is 2.97. The third-order valence-corrected chi connectivity index (χ3v) is 2.61. The Bertz CT molecular complexity index is 262. The zero-order valence-electron chi connectivity index (χ0n) is 7.65. The third-order valence-electron chi connectivity index (χ3n) is 2.32. The number of aliphatic hydroxyl groups excluding tert-OH is 4. The first-order valence-electron chi connectivity index (χ1n) is 4.19. The number of thiocarbonyl (C=S) groups is 1. The summed E-state index contributed by atoms with van der Waals surface area (Å²) in [6, 6.07) is 0. The van der Waals surface area contributed by atoms with Crippen LogP contribution in [0.2, 0.25) is 0 Å². The van der Waals surface area contributed by atoms with E-state index in [9.17, 15) is 20.4 Å². The molecule has 0 aromatic rings. The van der Waals surface area contributed by atoms with Crippen LogP contribution in [0.15, 0.2) is 0 Å². The monoisotopic (exact) mass is 239 g/mol. The van der Waals surface area contributed by atoms with Crippen LogP contribution in [0.4, 0.5) is 0 Å². The van der Waals surface area contributed by atoms with Gasteiger partial charge in [0.2, 0.25) is 5.79 Å². The maximum atomic E-state index is 9.69. The highest BCUT2D eigenvalue weighted by Crippen LogP contribution is 2.28. The Kier molecular flexibility index (Phi) is 3.61. The van der Waals surface area contributed by atoms with E-state index in [4.69, 9.17) is 15.6 Å². The lowest BCUT2D eigenvalue weighted by atomic mass is 9.92. The van der Waals surface area contributed by atoms with Crippen LogP contribution in [-0.4, -0.2) is 67.3 Å².